The second kappa shape index (κ2) is 6.55. The zero-order valence-electron chi connectivity index (χ0n) is 12.4. The maximum Gasteiger partial charge on any atom is 0.122 e. The highest BCUT2D eigenvalue weighted by Crippen LogP contribution is 2.29. The van der Waals surface area contributed by atoms with Crippen LogP contribution in [0.5, 0.6) is 0 Å². The molecule has 1 aliphatic heterocycles. The highest BCUT2D eigenvalue weighted by molar-refractivity contribution is 5.08. The standard InChI is InChI=1S/C15H27N3O/c1-4-17(5-2)13-8-9-18(11-13)15(12(3)16)14-7-6-10-19-14/h6-7,10,12-13,15H,4-5,8-9,11,16H2,1-3H3. The Hall–Kier alpha value is -0.840. The number of hydrogen-bond donors (Lipinski definition) is 1. The molecule has 2 heterocycles. The first-order valence-electron chi connectivity index (χ1n) is 7.44. The van der Waals surface area contributed by atoms with Crippen LogP contribution in [-0.4, -0.2) is 48.1 Å². The van der Waals surface area contributed by atoms with E-state index in [1.807, 2.05) is 12.1 Å². The molecule has 2 rings (SSSR count). The van der Waals surface area contributed by atoms with Crippen molar-refractivity contribution in [2.45, 2.75) is 45.3 Å². The first-order chi connectivity index (χ1) is 9.17. The van der Waals surface area contributed by atoms with Crippen molar-refractivity contribution < 1.29 is 4.42 Å². The third-order valence-electron chi connectivity index (χ3n) is 4.25. The molecule has 0 bridgehead atoms. The predicted octanol–water partition coefficient (Wildman–Crippen LogP) is 2.08. The number of likely N-dealkylation sites (N-methyl/N-ethyl adjacent to an activating group) is 1. The molecular formula is C15H27N3O. The van der Waals surface area contributed by atoms with Crippen LogP contribution < -0.4 is 5.73 Å². The number of furan rings is 1. The summed E-state index contributed by atoms with van der Waals surface area (Å²) in [5, 5.41) is 0. The molecule has 1 aromatic heterocycles. The molecule has 0 radical (unpaired) electrons. The minimum absolute atomic E-state index is 0.0848. The van der Waals surface area contributed by atoms with Gasteiger partial charge in [0, 0.05) is 25.2 Å². The minimum Gasteiger partial charge on any atom is -0.468 e. The molecule has 4 heteroatoms. The lowest BCUT2D eigenvalue weighted by atomic mass is 10.1. The predicted molar refractivity (Wildman–Crippen MR) is 78.0 cm³/mol. The van der Waals surface area contributed by atoms with Crippen molar-refractivity contribution in [3.8, 4) is 0 Å². The van der Waals surface area contributed by atoms with Crippen LogP contribution in [0.2, 0.25) is 0 Å². The summed E-state index contributed by atoms with van der Waals surface area (Å²) in [5.74, 6) is 0.996. The lowest BCUT2D eigenvalue weighted by Crippen LogP contribution is -2.41. The molecular weight excluding hydrogens is 238 g/mol. The number of rotatable bonds is 6. The van der Waals surface area contributed by atoms with Crippen LogP contribution in [0.15, 0.2) is 22.8 Å². The Balaban J connectivity index is 2.05. The van der Waals surface area contributed by atoms with Crippen molar-refractivity contribution in [1.29, 1.82) is 0 Å². The van der Waals surface area contributed by atoms with Gasteiger partial charge in [0.15, 0.2) is 0 Å². The van der Waals surface area contributed by atoms with Gasteiger partial charge < -0.3 is 10.2 Å². The molecule has 2 N–H and O–H groups in total. The van der Waals surface area contributed by atoms with Gasteiger partial charge in [-0.25, -0.2) is 0 Å². The van der Waals surface area contributed by atoms with Crippen molar-refractivity contribution in [1.82, 2.24) is 9.80 Å². The van der Waals surface area contributed by atoms with E-state index < -0.39 is 0 Å². The van der Waals surface area contributed by atoms with Gasteiger partial charge in [0.25, 0.3) is 0 Å². The van der Waals surface area contributed by atoms with Gasteiger partial charge in [-0.2, -0.15) is 0 Å². The van der Waals surface area contributed by atoms with Crippen molar-refractivity contribution >= 4 is 0 Å². The van der Waals surface area contributed by atoms with E-state index >= 15 is 0 Å². The largest absolute Gasteiger partial charge is 0.468 e. The molecule has 3 atom stereocenters. The molecule has 0 aliphatic carbocycles. The summed E-state index contributed by atoms with van der Waals surface area (Å²) < 4.78 is 5.58. The Bertz CT molecular complexity index is 359. The maximum atomic E-state index is 6.18. The molecule has 0 spiro atoms. The normalized spacial score (nSPS) is 23.9. The number of nitrogens with zero attached hydrogens (tertiary/aromatic N) is 2. The molecule has 3 unspecified atom stereocenters. The second-order valence-corrected chi connectivity index (χ2v) is 5.48. The zero-order chi connectivity index (χ0) is 13.8. The summed E-state index contributed by atoms with van der Waals surface area (Å²) in [6.07, 6.45) is 2.97. The molecule has 1 aliphatic rings. The topological polar surface area (TPSA) is 45.6 Å². The van der Waals surface area contributed by atoms with Crippen LogP contribution in [0.4, 0.5) is 0 Å². The van der Waals surface area contributed by atoms with Crippen molar-refractivity contribution in [3.05, 3.63) is 24.2 Å². The van der Waals surface area contributed by atoms with E-state index in [1.165, 1.54) is 6.42 Å². The molecule has 19 heavy (non-hydrogen) atoms. The molecule has 108 valence electrons. The van der Waals surface area contributed by atoms with Crippen LogP contribution in [-0.2, 0) is 0 Å². The minimum atomic E-state index is 0.0848. The van der Waals surface area contributed by atoms with Gasteiger partial charge in [-0.05, 0) is 38.6 Å². The summed E-state index contributed by atoms with van der Waals surface area (Å²) in [4.78, 5) is 5.02. The fourth-order valence-corrected chi connectivity index (χ4v) is 3.29. The third-order valence-corrected chi connectivity index (χ3v) is 4.25. The first kappa shape index (κ1) is 14.6. The van der Waals surface area contributed by atoms with Crippen LogP contribution in [0.1, 0.15) is 39.0 Å². The van der Waals surface area contributed by atoms with Crippen molar-refractivity contribution in [2.24, 2.45) is 5.73 Å². The van der Waals surface area contributed by atoms with Gasteiger partial charge in [0.05, 0.1) is 12.3 Å². The zero-order valence-corrected chi connectivity index (χ0v) is 12.4. The fraction of sp³-hybridized carbons (Fsp3) is 0.733. The van der Waals surface area contributed by atoms with E-state index in [2.05, 4.69) is 30.6 Å². The fourth-order valence-electron chi connectivity index (χ4n) is 3.29. The van der Waals surface area contributed by atoms with Crippen molar-refractivity contribution in [3.63, 3.8) is 0 Å². The Morgan fingerprint density at radius 2 is 2.21 bits per heavy atom. The quantitative estimate of drug-likeness (QED) is 0.855. The highest BCUT2D eigenvalue weighted by atomic mass is 16.3. The van der Waals surface area contributed by atoms with E-state index in [1.54, 1.807) is 6.26 Å². The lowest BCUT2D eigenvalue weighted by Gasteiger charge is -2.31. The summed E-state index contributed by atoms with van der Waals surface area (Å²) in [7, 11) is 0. The second-order valence-electron chi connectivity index (χ2n) is 5.48. The SMILES string of the molecule is CCN(CC)C1CCN(C(c2ccco2)C(C)N)C1. The molecule has 4 nitrogen and oxygen atoms in total. The van der Waals surface area contributed by atoms with E-state index in [4.69, 9.17) is 10.2 Å². The maximum absolute atomic E-state index is 6.18. The van der Waals surface area contributed by atoms with Gasteiger partial charge in [-0.15, -0.1) is 0 Å². The van der Waals surface area contributed by atoms with Crippen LogP contribution in [0.3, 0.4) is 0 Å². The summed E-state index contributed by atoms with van der Waals surface area (Å²) in [5.41, 5.74) is 6.18. The highest BCUT2D eigenvalue weighted by Gasteiger charge is 2.34. The average molecular weight is 265 g/mol. The molecule has 1 aromatic rings. The van der Waals surface area contributed by atoms with E-state index in [0.29, 0.717) is 6.04 Å². The molecule has 0 aromatic carbocycles. The van der Waals surface area contributed by atoms with E-state index in [9.17, 15) is 0 Å². The first-order valence-corrected chi connectivity index (χ1v) is 7.44. The number of likely N-dealkylation sites (tertiary alicyclic amines) is 1. The lowest BCUT2D eigenvalue weighted by molar-refractivity contribution is 0.161. The Labute approximate surface area is 116 Å². The molecule has 1 saturated heterocycles. The van der Waals surface area contributed by atoms with Gasteiger partial charge >= 0.3 is 0 Å². The smallest absolute Gasteiger partial charge is 0.122 e. The van der Waals surface area contributed by atoms with Crippen LogP contribution in [0.25, 0.3) is 0 Å². The Morgan fingerprint density at radius 3 is 2.74 bits per heavy atom. The summed E-state index contributed by atoms with van der Waals surface area (Å²) >= 11 is 0. The Morgan fingerprint density at radius 1 is 1.47 bits per heavy atom. The monoisotopic (exact) mass is 265 g/mol. The number of nitrogens with two attached hydrogens (primary N) is 1. The van der Waals surface area contributed by atoms with Gasteiger partial charge in [0.2, 0.25) is 0 Å². The summed E-state index contributed by atoms with van der Waals surface area (Å²) in [6.45, 7) is 11.0. The molecule has 1 fully saturated rings. The van der Waals surface area contributed by atoms with Gasteiger partial charge in [0.1, 0.15) is 5.76 Å². The van der Waals surface area contributed by atoms with E-state index in [0.717, 1.165) is 31.9 Å². The van der Waals surface area contributed by atoms with Crippen LogP contribution in [0, 0.1) is 0 Å². The average Bonchev–Trinajstić information content (AvgIpc) is 3.03. The van der Waals surface area contributed by atoms with E-state index in [-0.39, 0.29) is 12.1 Å². The van der Waals surface area contributed by atoms with Gasteiger partial charge in [-0.1, -0.05) is 13.8 Å². The Kier molecular flexibility index (Phi) is 5.02. The van der Waals surface area contributed by atoms with Crippen molar-refractivity contribution in [2.75, 3.05) is 26.2 Å². The summed E-state index contributed by atoms with van der Waals surface area (Å²) in [6, 6.07) is 4.94. The molecule has 0 amide bonds. The number of hydrogen-bond acceptors (Lipinski definition) is 4. The molecule has 0 saturated carbocycles. The van der Waals surface area contributed by atoms with Crippen LogP contribution >= 0.6 is 0 Å². The third kappa shape index (κ3) is 3.19. The van der Waals surface area contributed by atoms with Gasteiger partial charge in [-0.3, -0.25) is 9.80 Å².